The molecule has 1 amide bonds. The van der Waals surface area contributed by atoms with Gasteiger partial charge in [0.15, 0.2) is 5.69 Å². The predicted molar refractivity (Wildman–Crippen MR) is 124 cm³/mol. The molecule has 0 saturated carbocycles. The third-order valence-electron chi connectivity index (χ3n) is 5.21. The second-order valence-electron chi connectivity index (χ2n) is 7.62. The summed E-state index contributed by atoms with van der Waals surface area (Å²) in [5.74, 6) is 0.0115. The van der Waals surface area contributed by atoms with Crippen LogP contribution in [0, 0.1) is 0 Å². The Morgan fingerprint density at radius 3 is 2.72 bits per heavy atom. The van der Waals surface area contributed by atoms with Crippen LogP contribution in [0.2, 0.25) is 0 Å². The summed E-state index contributed by atoms with van der Waals surface area (Å²) < 4.78 is 5.55. The molecule has 3 aromatic rings. The molecule has 0 unspecified atom stereocenters. The first-order valence-electron chi connectivity index (χ1n) is 10.9. The summed E-state index contributed by atoms with van der Waals surface area (Å²) in [4.78, 5) is 32.6. The van der Waals surface area contributed by atoms with E-state index in [1.807, 2.05) is 13.0 Å². The maximum atomic E-state index is 13.1. The number of piperidine rings is 1. The number of hydrogen-bond donors (Lipinski definition) is 2. The molecule has 166 valence electrons. The smallest absolute Gasteiger partial charge is 0.276 e. The highest BCUT2D eigenvalue weighted by atomic mass is 16.5. The van der Waals surface area contributed by atoms with E-state index in [0.29, 0.717) is 29.6 Å². The van der Waals surface area contributed by atoms with Gasteiger partial charge in [-0.1, -0.05) is 6.92 Å². The molecule has 1 aliphatic heterocycles. The van der Waals surface area contributed by atoms with E-state index in [-0.39, 0.29) is 11.4 Å². The van der Waals surface area contributed by atoms with Crippen LogP contribution in [0.1, 0.15) is 43.1 Å². The van der Waals surface area contributed by atoms with Crippen molar-refractivity contribution in [1.29, 1.82) is 0 Å². The van der Waals surface area contributed by atoms with Crippen molar-refractivity contribution in [2.45, 2.75) is 32.6 Å². The minimum atomic E-state index is -0.401. The molecular weight excluding hydrogens is 406 g/mol. The van der Waals surface area contributed by atoms with E-state index in [1.54, 1.807) is 36.9 Å². The number of nitrogens with one attached hydrogen (secondary N) is 1. The Bertz CT molecular complexity index is 1080. The average Bonchev–Trinajstić information content (AvgIpc) is 2.84. The van der Waals surface area contributed by atoms with Gasteiger partial charge < -0.3 is 20.7 Å². The van der Waals surface area contributed by atoms with Gasteiger partial charge in [0.1, 0.15) is 5.69 Å². The van der Waals surface area contributed by atoms with E-state index in [4.69, 9.17) is 10.5 Å². The van der Waals surface area contributed by atoms with E-state index in [0.717, 1.165) is 38.0 Å². The number of ether oxygens (including phenoxy) is 1. The first-order chi connectivity index (χ1) is 15.7. The first kappa shape index (κ1) is 21.5. The number of rotatable bonds is 7. The Morgan fingerprint density at radius 2 is 1.91 bits per heavy atom. The lowest BCUT2D eigenvalue weighted by molar-refractivity contribution is 0.102. The van der Waals surface area contributed by atoms with Gasteiger partial charge in [-0.05, 0) is 43.9 Å². The summed E-state index contributed by atoms with van der Waals surface area (Å²) in [7, 11) is 0. The van der Waals surface area contributed by atoms with Gasteiger partial charge in [-0.15, -0.1) is 0 Å². The van der Waals surface area contributed by atoms with Gasteiger partial charge in [0.2, 0.25) is 5.88 Å². The van der Waals surface area contributed by atoms with Crippen LogP contribution in [0.3, 0.4) is 0 Å². The lowest BCUT2D eigenvalue weighted by Gasteiger charge is -2.30. The molecule has 0 spiro atoms. The topological polar surface area (TPSA) is 119 Å². The number of nitrogens with zero attached hydrogens (tertiary/aromatic N) is 5. The van der Waals surface area contributed by atoms with Gasteiger partial charge in [0.05, 0.1) is 48.0 Å². The van der Waals surface area contributed by atoms with Gasteiger partial charge in [-0.3, -0.25) is 14.8 Å². The Hall–Kier alpha value is -3.75. The normalized spacial score (nSPS) is 13.6. The fourth-order valence-corrected chi connectivity index (χ4v) is 3.62. The zero-order valence-corrected chi connectivity index (χ0v) is 18.1. The summed E-state index contributed by atoms with van der Waals surface area (Å²) in [5.41, 5.74) is 9.07. The lowest BCUT2D eigenvalue weighted by Crippen LogP contribution is -2.30. The van der Waals surface area contributed by atoms with Crippen molar-refractivity contribution in [3.05, 3.63) is 48.7 Å². The molecule has 1 fully saturated rings. The molecule has 1 saturated heterocycles. The van der Waals surface area contributed by atoms with Gasteiger partial charge >= 0.3 is 0 Å². The molecule has 3 aromatic heterocycles. The number of nitrogens with two attached hydrogens (primary N) is 1. The summed E-state index contributed by atoms with van der Waals surface area (Å²) in [6.07, 6.45) is 10.9. The van der Waals surface area contributed by atoms with Crippen LogP contribution in [0.5, 0.6) is 5.88 Å². The molecule has 9 nitrogen and oxygen atoms in total. The van der Waals surface area contributed by atoms with Gasteiger partial charge in [-0.25, -0.2) is 9.97 Å². The number of nitrogen functional groups attached to an aromatic ring is 1. The van der Waals surface area contributed by atoms with Crippen molar-refractivity contribution in [3.8, 4) is 17.3 Å². The van der Waals surface area contributed by atoms with Gasteiger partial charge in [0.25, 0.3) is 5.91 Å². The highest BCUT2D eigenvalue weighted by Gasteiger charge is 2.19. The molecule has 0 aliphatic carbocycles. The van der Waals surface area contributed by atoms with E-state index in [2.05, 4.69) is 30.2 Å². The maximum absolute atomic E-state index is 13.1. The van der Waals surface area contributed by atoms with Crippen LogP contribution in [-0.4, -0.2) is 45.5 Å². The fraction of sp³-hybridized carbons (Fsp3) is 0.348. The lowest BCUT2D eigenvalue weighted by atomic mass is 10.1. The number of aromatic nitrogens is 4. The summed E-state index contributed by atoms with van der Waals surface area (Å²) >= 11 is 0. The molecule has 1 aliphatic rings. The van der Waals surface area contributed by atoms with Crippen molar-refractivity contribution in [1.82, 2.24) is 19.9 Å². The molecule has 4 rings (SSSR count). The third kappa shape index (κ3) is 4.93. The van der Waals surface area contributed by atoms with E-state index >= 15 is 0 Å². The number of carbonyl (C=O) groups is 1. The minimum Gasteiger partial charge on any atom is -0.477 e. The average molecular weight is 434 g/mol. The van der Waals surface area contributed by atoms with E-state index < -0.39 is 5.91 Å². The second kappa shape index (κ2) is 10.0. The molecule has 0 aromatic carbocycles. The minimum absolute atomic E-state index is 0.123. The molecule has 4 heterocycles. The molecule has 0 atom stereocenters. The SMILES string of the molecule is CCCOc1cncc(-c2ccc(N)c(C(=O)Nc3cnccc3N3CCCCC3)n2)n1. The third-order valence-corrected chi connectivity index (χ3v) is 5.21. The van der Waals surface area contributed by atoms with Crippen molar-refractivity contribution in [2.24, 2.45) is 0 Å². The first-order valence-corrected chi connectivity index (χ1v) is 10.9. The quantitative estimate of drug-likeness (QED) is 0.581. The van der Waals surface area contributed by atoms with Crippen molar-refractivity contribution >= 4 is 23.0 Å². The fourth-order valence-electron chi connectivity index (χ4n) is 3.62. The van der Waals surface area contributed by atoms with Crippen LogP contribution >= 0.6 is 0 Å². The standard InChI is InChI=1S/C23H27N7O2/c1-2-12-32-21-15-26-13-18(27-21)17-7-6-16(24)22(28-17)23(31)29-19-14-25-9-8-20(19)30-10-4-3-5-11-30/h6-9,13-15H,2-5,10-12,24H2,1H3,(H,29,31). The molecular formula is C23H27N7O2. The van der Waals surface area contributed by atoms with Crippen LogP contribution < -0.4 is 20.7 Å². The van der Waals surface area contributed by atoms with Crippen LogP contribution in [0.4, 0.5) is 17.1 Å². The number of carbonyl (C=O) groups excluding carboxylic acids is 1. The largest absolute Gasteiger partial charge is 0.477 e. The van der Waals surface area contributed by atoms with Crippen molar-refractivity contribution in [2.75, 3.05) is 35.6 Å². The number of pyridine rings is 2. The van der Waals surface area contributed by atoms with Crippen LogP contribution in [0.25, 0.3) is 11.4 Å². The molecule has 3 N–H and O–H groups in total. The molecule has 0 radical (unpaired) electrons. The maximum Gasteiger partial charge on any atom is 0.276 e. The van der Waals surface area contributed by atoms with Gasteiger partial charge in [-0.2, -0.15) is 0 Å². The van der Waals surface area contributed by atoms with Crippen LogP contribution in [0.15, 0.2) is 43.0 Å². The van der Waals surface area contributed by atoms with Crippen molar-refractivity contribution < 1.29 is 9.53 Å². The van der Waals surface area contributed by atoms with E-state index in [9.17, 15) is 4.79 Å². The summed E-state index contributed by atoms with van der Waals surface area (Å²) in [5, 5.41) is 2.94. The Balaban J connectivity index is 1.58. The Labute approximate surface area is 187 Å². The highest BCUT2D eigenvalue weighted by Crippen LogP contribution is 2.28. The second-order valence-corrected chi connectivity index (χ2v) is 7.62. The number of hydrogen-bond acceptors (Lipinski definition) is 8. The monoisotopic (exact) mass is 433 g/mol. The Morgan fingerprint density at radius 1 is 1.06 bits per heavy atom. The molecule has 32 heavy (non-hydrogen) atoms. The summed E-state index contributed by atoms with van der Waals surface area (Å²) in [6, 6.07) is 5.28. The molecule has 0 bridgehead atoms. The number of amides is 1. The molecule has 9 heteroatoms. The van der Waals surface area contributed by atoms with Gasteiger partial charge in [0, 0.05) is 19.3 Å². The van der Waals surface area contributed by atoms with Crippen LogP contribution in [-0.2, 0) is 0 Å². The zero-order chi connectivity index (χ0) is 22.3. The highest BCUT2D eigenvalue weighted by molar-refractivity contribution is 6.07. The Kier molecular flexibility index (Phi) is 6.74. The zero-order valence-electron chi connectivity index (χ0n) is 18.1. The summed E-state index contributed by atoms with van der Waals surface area (Å²) in [6.45, 7) is 4.48. The van der Waals surface area contributed by atoms with Crippen molar-refractivity contribution in [3.63, 3.8) is 0 Å². The predicted octanol–water partition coefficient (Wildman–Crippen LogP) is 3.55. The number of anilines is 3. The van der Waals surface area contributed by atoms with E-state index in [1.165, 1.54) is 6.42 Å².